The number of aromatic nitrogens is 2. The van der Waals surface area contributed by atoms with E-state index in [2.05, 4.69) is 15.5 Å². The summed E-state index contributed by atoms with van der Waals surface area (Å²) in [4.78, 5) is 12.6. The quantitative estimate of drug-likeness (QED) is 0.865. The van der Waals surface area contributed by atoms with E-state index >= 15 is 0 Å². The van der Waals surface area contributed by atoms with Crippen LogP contribution in [0.1, 0.15) is 45.4 Å². The number of hydrogen-bond donors (Lipinski definition) is 1. The molecule has 4 bridgehead atoms. The van der Waals surface area contributed by atoms with Gasteiger partial charge in [-0.25, -0.2) is 0 Å². The molecular formula is C15H21N3OS2. The molecule has 0 unspecified atom stereocenters. The summed E-state index contributed by atoms with van der Waals surface area (Å²) in [5.74, 6) is 2.77. The van der Waals surface area contributed by atoms with E-state index in [0.717, 1.165) is 22.1 Å². The number of nitrogens with one attached hydrogen (secondary N) is 1. The van der Waals surface area contributed by atoms with Crippen molar-refractivity contribution in [1.82, 2.24) is 15.5 Å². The summed E-state index contributed by atoms with van der Waals surface area (Å²) in [6.07, 6.45) is 7.85. The molecule has 6 heteroatoms. The summed E-state index contributed by atoms with van der Waals surface area (Å²) in [5.41, 5.74) is 1.83. The van der Waals surface area contributed by atoms with Crippen LogP contribution in [0.5, 0.6) is 0 Å². The highest BCUT2D eigenvalue weighted by Crippen LogP contribution is 2.55. The minimum Gasteiger partial charge on any atom is -0.350 e. The zero-order valence-corrected chi connectivity index (χ0v) is 13.9. The summed E-state index contributed by atoms with van der Waals surface area (Å²) >= 11 is 3.02. The first kappa shape index (κ1) is 14.0. The van der Waals surface area contributed by atoms with Crippen LogP contribution in [0.2, 0.25) is 0 Å². The largest absolute Gasteiger partial charge is 0.350 e. The average molecular weight is 323 g/mol. The highest BCUT2D eigenvalue weighted by Gasteiger charge is 2.51. The minimum atomic E-state index is -0.0917. The molecular weight excluding hydrogens is 302 g/mol. The van der Waals surface area contributed by atoms with Crippen molar-refractivity contribution in [2.24, 2.45) is 17.8 Å². The molecule has 114 valence electrons. The first-order valence-electron chi connectivity index (χ1n) is 7.87. The summed E-state index contributed by atoms with van der Waals surface area (Å²) in [6, 6.07) is 0. The molecule has 4 aliphatic carbocycles. The molecule has 4 saturated carbocycles. The molecule has 21 heavy (non-hydrogen) atoms. The summed E-state index contributed by atoms with van der Waals surface area (Å²) in [6.45, 7) is 1.97. The standard InChI is InChI=1S/C15H21N3OS2/c1-9(21-14-18-16-8-20-14)13(19)17-15-5-10-2-11(6-15)4-12(3-10)7-15/h8-12H,2-7H2,1H3,(H,17,19)/t9-,10?,11?,12?,15?/m1/s1. The molecule has 0 saturated heterocycles. The maximum atomic E-state index is 12.6. The van der Waals surface area contributed by atoms with Crippen LogP contribution in [-0.4, -0.2) is 26.9 Å². The SMILES string of the molecule is C[C@@H](Sc1nncs1)C(=O)NC12CC3CC(CC(C3)C1)C2. The van der Waals surface area contributed by atoms with Gasteiger partial charge in [0.2, 0.25) is 5.91 Å². The number of carbonyl (C=O) groups excluding carboxylic acids is 1. The van der Waals surface area contributed by atoms with E-state index < -0.39 is 0 Å². The molecule has 4 aliphatic rings. The molecule has 0 aromatic carbocycles. The molecule has 1 amide bonds. The Labute approximate surface area is 133 Å². The fraction of sp³-hybridized carbons (Fsp3) is 0.800. The third-order valence-electron chi connectivity index (χ3n) is 5.41. The van der Waals surface area contributed by atoms with Crippen molar-refractivity contribution in [3.05, 3.63) is 5.51 Å². The van der Waals surface area contributed by atoms with Gasteiger partial charge in [-0.15, -0.1) is 10.2 Å². The zero-order valence-electron chi connectivity index (χ0n) is 12.2. The molecule has 0 radical (unpaired) electrons. The second-order valence-corrected chi connectivity index (χ2v) is 9.57. The summed E-state index contributed by atoms with van der Waals surface area (Å²) in [7, 11) is 0. The van der Waals surface area contributed by atoms with E-state index in [-0.39, 0.29) is 16.7 Å². The summed E-state index contributed by atoms with van der Waals surface area (Å²) in [5, 5.41) is 11.2. The third-order valence-corrected chi connectivity index (χ3v) is 7.32. The molecule has 0 spiro atoms. The van der Waals surface area contributed by atoms with Crippen molar-refractivity contribution in [2.45, 2.75) is 60.6 Å². The summed E-state index contributed by atoms with van der Waals surface area (Å²) < 4.78 is 0.878. The normalized spacial score (nSPS) is 38.4. The van der Waals surface area contributed by atoms with Crippen LogP contribution in [0.3, 0.4) is 0 Å². The average Bonchev–Trinajstić information content (AvgIpc) is 2.89. The van der Waals surface area contributed by atoms with Crippen LogP contribution in [-0.2, 0) is 4.79 Å². The van der Waals surface area contributed by atoms with Gasteiger partial charge in [-0.3, -0.25) is 4.79 Å². The van der Waals surface area contributed by atoms with Gasteiger partial charge in [0.25, 0.3) is 0 Å². The first-order valence-corrected chi connectivity index (χ1v) is 9.63. The highest BCUT2D eigenvalue weighted by atomic mass is 32.2. The molecule has 4 fully saturated rings. The van der Waals surface area contributed by atoms with Gasteiger partial charge in [0.05, 0.1) is 5.25 Å². The van der Waals surface area contributed by atoms with Crippen molar-refractivity contribution < 1.29 is 4.79 Å². The molecule has 1 atom stereocenters. The number of nitrogens with zero attached hydrogens (tertiary/aromatic N) is 2. The molecule has 5 rings (SSSR count). The van der Waals surface area contributed by atoms with Crippen LogP contribution in [0, 0.1) is 17.8 Å². The number of thioether (sulfide) groups is 1. The van der Waals surface area contributed by atoms with Crippen LogP contribution < -0.4 is 5.32 Å². The van der Waals surface area contributed by atoms with E-state index in [1.54, 1.807) is 5.51 Å². The Morgan fingerprint density at radius 1 is 1.33 bits per heavy atom. The lowest BCUT2D eigenvalue weighted by atomic mass is 9.53. The lowest BCUT2D eigenvalue weighted by molar-refractivity contribution is -0.126. The lowest BCUT2D eigenvalue weighted by Gasteiger charge is -2.57. The minimum absolute atomic E-state index is 0.0917. The monoisotopic (exact) mass is 323 g/mol. The maximum Gasteiger partial charge on any atom is 0.233 e. The molecule has 1 aromatic rings. The second-order valence-electron chi connectivity index (χ2n) is 7.15. The van der Waals surface area contributed by atoms with Crippen molar-refractivity contribution in [3.63, 3.8) is 0 Å². The topological polar surface area (TPSA) is 54.9 Å². The molecule has 1 N–H and O–H groups in total. The zero-order chi connectivity index (χ0) is 14.4. The second kappa shape index (κ2) is 5.23. The van der Waals surface area contributed by atoms with Gasteiger partial charge in [-0.05, 0) is 63.2 Å². The Morgan fingerprint density at radius 2 is 1.95 bits per heavy atom. The van der Waals surface area contributed by atoms with Crippen LogP contribution in [0.4, 0.5) is 0 Å². The first-order chi connectivity index (χ1) is 10.1. The van der Waals surface area contributed by atoms with Gasteiger partial charge in [-0.2, -0.15) is 0 Å². The molecule has 0 aliphatic heterocycles. The molecule has 4 nitrogen and oxygen atoms in total. The Kier molecular flexibility index (Phi) is 3.49. The molecule has 1 aromatic heterocycles. The van der Waals surface area contributed by atoms with Crippen LogP contribution in [0.15, 0.2) is 9.85 Å². The maximum absolute atomic E-state index is 12.6. The van der Waals surface area contributed by atoms with Gasteiger partial charge in [0, 0.05) is 5.54 Å². The van der Waals surface area contributed by atoms with E-state index in [9.17, 15) is 4.79 Å². The highest BCUT2D eigenvalue weighted by molar-refractivity contribution is 8.02. The Balaban J connectivity index is 1.42. The van der Waals surface area contributed by atoms with Crippen LogP contribution in [0.25, 0.3) is 0 Å². The van der Waals surface area contributed by atoms with Gasteiger partial charge in [0.15, 0.2) is 4.34 Å². The van der Waals surface area contributed by atoms with Gasteiger partial charge < -0.3 is 5.32 Å². The van der Waals surface area contributed by atoms with Gasteiger partial charge >= 0.3 is 0 Å². The Hall–Kier alpha value is -0.620. The Morgan fingerprint density at radius 3 is 2.48 bits per heavy atom. The Bertz CT molecular complexity index is 496. The van der Waals surface area contributed by atoms with Gasteiger partial charge in [-0.1, -0.05) is 23.1 Å². The smallest absolute Gasteiger partial charge is 0.233 e. The number of rotatable bonds is 4. The van der Waals surface area contributed by atoms with Crippen molar-refractivity contribution in [3.8, 4) is 0 Å². The number of amides is 1. The predicted molar refractivity (Wildman–Crippen MR) is 84.3 cm³/mol. The third kappa shape index (κ3) is 2.72. The predicted octanol–water partition coefficient (Wildman–Crippen LogP) is 3.10. The van der Waals surface area contributed by atoms with E-state index in [4.69, 9.17) is 0 Å². The fourth-order valence-electron chi connectivity index (χ4n) is 5.05. The van der Waals surface area contributed by atoms with Crippen LogP contribution >= 0.6 is 23.1 Å². The van der Waals surface area contributed by atoms with E-state index in [0.29, 0.717) is 0 Å². The van der Waals surface area contributed by atoms with E-state index in [1.165, 1.54) is 61.6 Å². The fourth-order valence-corrected chi connectivity index (χ4v) is 6.67. The van der Waals surface area contributed by atoms with Crippen molar-refractivity contribution >= 4 is 29.0 Å². The number of hydrogen-bond acceptors (Lipinski definition) is 5. The number of carbonyl (C=O) groups is 1. The lowest BCUT2D eigenvalue weighted by Crippen LogP contribution is -2.60. The van der Waals surface area contributed by atoms with E-state index in [1.807, 2.05) is 6.92 Å². The van der Waals surface area contributed by atoms with Crippen molar-refractivity contribution in [2.75, 3.05) is 0 Å². The van der Waals surface area contributed by atoms with Gasteiger partial charge in [0.1, 0.15) is 5.51 Å². The molecule has 1 heterocycles. The van der Waals surface area contributed by atoms with Crippen molar-refractivity contribution in [1.29, 1.82) is 0 Å².